The van der Waals surface area contributed by atoms with Gasteiger partial charge < -0.3 is 19.5 Å². The zero-order chi connectivity index (χ0) is 13.2. The Balaban J connectivity index is 1.92. The van der Waals surface area contributed by atoms with Gasteiger partial charge in [0.15, 0.2) is 23.1 Å². The summed E-state index contributed by atoms with van der Waals surface area (Å²) in [5, 5.41) is 3.35. The lowest BCUT2D eigenvalue weighted by atomic mass is 9.91. The van der Waals surface area contributed by atoms with Crippen molar-refractivity contribution in [2.75, 3.05) is 27.0 Å². The number of benzene rings is 1. The molecular weight excluding hydrogens is 249 g/mol. The number of halogens is 1. The third-order valence-corrected chi connectivity index (χ3v) is 3.77. The van der Waals surface area contributed by atoms with Crippen LogP contribution in [0, 0.1) is 11.7 Å². The third-order valence-electron chi connectivity index (χ3n) is 3.77. The molecular formula is C14H18FNO3. The highest BCUT2D eigenvalue weighted by Gasteiger charge is 2.27. The zero-order valence-corrected chi connectivity index (χ0v) is 11.0. The van der Waals surface area contributed by atoms with E-state index in [1.807, 2.05) is 0 Å². The van der Waals surface area contributed by atoms with Crippen LogP contribution in [0.15, 0.2) is 6.07 Å². The molecule has 0 saturated carbocycles. The minimum atomic E-state index is -0.322. The summed E-state index contributed by atoms with van der Waals surface area (Å²) in [6, 6.07) is 1.56. The van der Waals surface area contributed by atoms with E-state index >= 15 is 0 Å². The first-order valence-corrected chi connectivity index (χ1v) is 6.65. The van der Waals surface area contributed by atoms with Crippen LogP contribution in [0.4, 0.5) is 4.39 Å². The summed E-state index contributed by atoms with van der Waals surface area (Å²) >= 11 is 0. The summed E-state index contributed by atoms with van der Waals surface area (Å²) in [6.07, 6.45) is 2.90. The normalized spacial score (nSPS) is 21.5. The molecule has 0 radical (unpaired) electrons. The molecule has 2 aliphatic rings. The van der Waals surface area contributed by atoms with Crippen molar-refractivity contribution in [3.63, 3.8) is 0 Å². The van der Waals surface area contributed by atoms with E-state index in [2.05, 4.69) is 5.32 Å². The van der Waals surface area contributed by atoms with E-state index in [1.165, 1.54) is 7.11 Å². The Kier molecular flexibility index (Phi) is 3.46. The highest BCUT2D eigenvalue weighted by Crippen LogP contribution is 2.43. The van der Waals surface area contributed by atoms with E-state index in [9.17, 15) is 4.39 Å². The predicted octanol–water partition coefficient (Wildman–Crippen LogP) is 2.11. The summed E-state index contributed by atoms with van der Waals surface area (Å²) in [4.78, 5) is 0. The summed E-state index contributed by atoms with van der Waals surface area (Å²) < 4.78 is 30.2. The quantitative estimate of drug-likeness (QED) is 0.910. The predicted molar refractivity (Wildman–Crippen MR) is 68.4 cm³/mol. The van der Waals surface area contributed by atoms with Crippen molar-refractivity contribution < 1.29 is 18.6 Å². The maximum atomic E-state index is 14.4. The molecule has 0 aromatic heterocycles. The van der Waals surface area contributed by atoms with Crippen LogP contribution in [0.1, 0.15) is 18.4 Å². The van der Waals surface area contributed by atoms with Crippen LogP contribution in [0.25, 0.3) is 0 Å². The summed E-state index contributed by atoms with van der Waals surface area (Å²) in [5.41, 5.74) is 0.584. The minimum absolute atomic E-state index is 0.151. The molecule has 3 rings (SSSR count). The highest BCUT2D eigenvalue weighted by molar-refractivity contribution is 5.54. The second-order valence-electron chi connectivity index (χ2n) is 5.02. The Bertz CT molecular complexity index is 471. The van der Waals surface area contributed by atoms with E-state index in [0.29, 0.717) is 29.4 Å². The van der Waals surface area contributed by atoms with Crippen LogP contribution in [-0.2, 0) is 6.42 Å². The van der Waals surface area contributed by atoms with Crippen molar-refractivity contribution in [1.29, 1.82) is 0 Å². The molecule has 0 aliphatic carbocycles. The topological polar surface area (TPSA) is 39.7 Å². The highest BCUT2D eigenvalue weighted by atomic mass is 19.1. The van der Waals surface area contributed by atoms with Gasteiger partial charge in [-0.2, -0.15) is 0 Å². The molecule has 0 spiro atoms. The molecule has 1 unspecified atom stereocenters. The summed E-state index contributed by atoms with van der Waals surface area (Å²) in [7, 11) is 1.46. The Morgan fingerprint density at radius 1 is 1.47 bits per heavy atom. The van der Waals surface area contributed by atoms with Gasteiger partial charge >= 0.3 is 0 Å². The maximum absolute atomic E-state index is 14.4. The molecule has 5 heteroatoms. The first-order valence-electron chi connectivity index (χ1n) is 6.65. The number of methoxy groups -OCH3 is 1. The maximum Gasteiger partial charge on any atom is 0.231 e. The lowest BCUT2D eigenvalue weighted by Gasteiger charge is -2.23. The number of hydrogen-bond donors (Lipinski definition) is 1. The molecule has 1 atom stereocenters. The van der Waals surface area contributed by atoms with Crippen molar-refractivity contribution in [2.45, 2.75) is 19.3 Å². The van der Waals surface area contributed by atoms with E-state index in [1.54, 1.807) is 6.07 Å². The molecule has 2 aliphatic heterocycles. The van der Waals surface area contributed by atoms with Gasteiger partial charge in [-0.15, -0.1) is 0 Å². The monoisotopic (exact) mass is 267 g/mol. The molecule has 1 saturated heterocycles. The van der Waals surface area contributed by atoms with E-state index in [0.717, 1.165) is 25.9 Å². The lowest BCUT2D eigenvalue weighted by molar-refractivity contribution is 0.172. The minimum Gasteiger partial charge on any atom is -0.494 e. The number of nitrogens with one attached hydrogen (secondary N) is 1. The van der Waals surface area contributed by atoms with Crippen molar-refractivity contribution in [1.82, 2.24) is 5.32 Å². The number of ether oxygens (including phenoxy) is 3. The molecule has 1 aromatic carbocycles. The average molecular weight is 267 g/mol. The van der Waals surface area contributed by atoms with Gasteiger partial charge in [-0.25, -0.2) is 4.39 Å². The first-order chi connectivity index (χ1) is 9.29. The van der Waals surface area contributed by atoms with Crippen LogP contribution in [0.3, 0.4) is 0 Å². The van der Waals surface area contributed by atoms with Gasteiger partial charge in [0.05, 0.1) is 7.11 Å². The number of fused-ring (bicyclic) bond motifs is 1. The molecule has 1 N–H and O–H groups in total. The fourth-order valence-electron chi connectivity index (χ4n) is 2.78. The molecule has 0 bridgehead atoms. The van der Waals surface area contributed by atoms with Gasteiger partial charge in [0.1, 0.15) is 0 Å². The summed E-state index contributed by atoms with van der Waals surface area (Å²) in [6.45, 7) is 2.12. The second kappa shape index (κ2) is 5.25. The molecule has 2 heterocycles. The van der Waals surface area contributed by atoms with Gasteiger partial charge in [-0.1, -0.05) is 0 Å². The van der Waals surface area contributed by atoms with Gasteiger partial charge in [0.2, 0.25) is 6.79 Å². The van der Waals surface area contributed by atoms with Gasteiger partial charge in [-0.05, 0) is 38.3 Å². The lowest BCUT2D eigenvalue weighted by Crippen LogP contribution is -2.31. The van der Waals surface area contributed by atoms with Crippen molar-refractivity contribution in [3.8, 4) is 17.2 Å². The molecule has 1 fully saturated rings. The first kappa shape index (κ1) is 12.5. The Morgan fingerprint density at radius 2 is 2.37 bits per heavy atom. The average Bonchev–Trinajstić information content (AvgIpc) is 2.91. The second-order valence-corrected chi connectivity index (χ2v) is 5.02. The molecule has 4 nitrogen and oxygen atoms in total. The Labute approximate surface area is 111 Å². The van der Waals surface area contributed by atoms with Crippen LogP contribution in [0.2, 0.25) is 0 Å². The van der Waals surface area contributed by atoms with Gasteiger partial charge in [0, 0.05) is 11.6 Å². The van der Waals surface area contributed by atoms with Crippen molar-refractivity contribution in [3.05, 3.63) is 17.4 Å². The van der Waals surface area contributed by atoms with Crippen molar-refractivity contribution in [2.24, 2.45) is 5.92 Å². The van der Waals surface area contributed by atoms with Gasteiger partial charge in [-0.3, -0.25) is 0 Å². The smallest absolute Gasteiger partial charge is 0.231 e. The van der Waals surface area contributed by atoms with Crippen LogP contribution in [0.5, 0.6) is 17.2 Å². The SMILES string of the molecule is COc1cc2c(c(CC3CCCNC3)c1F)OCO2. The molecule has 19 heavy (non-hydrogen) atoms. The largest absolute Gasteiger partial charge is 0.494 e. The van der Waals surface area contributed by atoms with Gasteiger partial charge in [0.25, 0.3) is 0 Å². The van der Waals surface area contributed by atoms with Crippen LogP contribution >= 0.6 is 0 Å². The van der Waals surface area contributed by atoms with E-state index in [4.69, 9.17) is 14.2 Å². The number of rotatable bonds is 3. The van der Waals surface area contributed by atoms with Crippen LogP contribution in [-0.4, -0.2) is 27.0 Å². The van der Waals surface area contributed by atoms with E-state index in [-0.39, 0.29) is 18.4 Å². The number of piperidine rings is 1. The fraction of sp³-hybridized carbons (Fsp3) is 0.571. The van der Waals surface area contributed by atoms with E-state index < -0.39 is 0 Å². The Hall–Kier alpha value is -1.49. The Morgan fingerprint density at radius 3 is 3.11 bits per heavy atom. The fourth-order valence-corrected chi connectivity index (χ4v) is 2.78. The van der Waals surface area contributed by atoms with Crippen molar-refractivity contribution >= 4 is 0 Å². The molecule has 0 amide bonds. The molecule has 104 valence electrons. The standard InChI is InChI=1S/C14H18FNO3/c1-17-11-6-12-14(19-8-18-12)10(13(11)15)5-9-3-2-4-16-7-9/h6,9,16H,2-5,7-8H2,1H3. The zero-order valence-electron chi connectivity index (χ0n) is 11.0. The third kappa shape index (κ3) is 2.34. The summed E-state index contributed by atoms with van der Waals surface area (Å²) in [5.74, 6) is 1.46. The molecule has 1 aromatic rings. The number of hydrogen-bond acceptors (Lipinski definition) is 4. The van der Waals surface area contributed by atoms with Crippen LogP contribution < -0.4 is 19.5 Å².